The smallest absolute Gasteiger partial charge is 0.268 e. The molecule has 0 aliphatic rings. The van der Waals surface area contributed by atoms with Crippen LogP contribution in [0.2, 0.25) is 0 Å². The van der Waals surface area contributed by atoms with Gasteiger partial charge < -0.3 is 5.73 Å². The van der Waals surface area contributed by atoms with Gasteiger partial charge >= 0.3 is 0 Å². The minimum absolute atomic E-state index is 0.228. The van der Waals surface area contributed by atoms with Crippen molar-refractivity contribution in [2.24, 2.45) is 5.73 Å². The van der Waals surface area contributed by atoms with Crippen LogP contribution in [0.25, 0.3) is 16.8 Å². The van der Waals surface area contributed by atoms with Gasteiger partial charge in [0.05, 0.1) is 18.1 Å². The molecule has 3 rings (SSSR count). The van der Waals surface area contributed by atoms with Crippen LogP contribution in [-0.2, 0) is 0 Å². The molecule has 2 N–H and O–H groups in total. The first-order valence-corrected chi connectivity index (χ1v) is 6.39. The average molecular weight is 271 g/mol. The van der Waals surface area contributed by atoms with Crippen LogP contribution < -0.4 is 5.73 Å². The van der Waals surface area contributed by atoms with Crippen molar-refractivity contribution in [2.75, 3.05) is 0 Å². The fourth-order valence-corrected chi connectivity index (χ4v) is 2.50. The van der Waals surface area contributed by atoms with Crippen molar-refractivity contribution in [1.82, 2.24) is 20.0 Å². The van der Waals surface area contributed by atoms with Gasteiger partial charge in [0.2, 0.25) is 0 Å². The first-order chi connectivity index (χ1) is 9.27. The van der Waals surface area contributed by atoms with E-state index in [0.717, 1.165) is 11.3 Å². The lowest BCUT2D eigenvalue weighted by molar-refractivity contribution is 0.0996. The topological polar surface area (TPSA) is 86.7 Å². The number of aromatic nitrogens is 4. The predicted octanol–water partition coefficient (Wildman–Crippen LogP) is 1.49. The molecular weight excluding hydrogens is 262 g/mol. The average Bonchev–Trinajstić information content (AvgIpc) is 3.11. The number of hydrogen-bond donors (Lipinski definition) is 1. The van der Waals surface area contributed by atoms with E-state index in [0.29, 0.717) is 5.56 Å². The van der Waals surface area contributed by atoms with Crippen LogP contribution in [0.4, 0.5) is 0 Å². The maximum atomic E-state index is 11.6. The lowest BCUT2D eigenvalue weighted by Crippen LogP contribution is -2.16. The van der Waals surface area contributed by atoms with Crippen LogP contribution in [0.1, 0.15) is 10.5 Å². The summed E-state index contributed by atoms with van der Waals surface area (Å²) in [6.07, 6.45) is 4.81. The molecule has 0 aromatic carbocycles. The van der Waals surface area contributed by atoms with Crippen LogP contribution in [0.15, 0.2) is 41.5 Å². The van der Waals surface area contributed by atoms with Crippen molar-refractivity contribution in [3.8, 4) is 16.8 Å². The maximum Gasteiger partial charge on any atom is 0.268 e. The molecule has 0 saturated heterocycles. The van der Waals surface area contributed by atoms with Gasteiger partial charge in [0.25, 0.3) is 5.91 Å². The molecule has 0 spiro atoms. The molecule has 0 aliphatic carbocycles. The Morgan fingerprint density at radius 2 is 2.21 bits per heavy atom. The molecule has 7 heteroatoms. The Morgan fingerprint density at radius 1 is 1.32 bits per heavy atom. The Labute approximate surface area is 112 Å². The third-order valence-corrected chi connectivity index (χ3v) is 3.32. The number of nitrogens with zero attached hydrogens (tertiary/aromatic N) is 4. The van der Waals surface area contributed by atoms with Crippen molar-refractivity contribution in [1.29, 1.82) is 0 Å². The quantitative estimate of drug-likeness (QED) is 0.781. The molecule has 0 radical (unpaired) electrons. The number of amides is 1. The number of carbonyl (C=O) groups is 1. The summed E-state index contributed by atoms with van der Waals surface area (Å²) in [6, 6.07) is 3.68. The Morgan fingerprint density at radius 3 is 2.84 bits per heavy atom. The second-order valence-corrected chi connectivity index (χ2v) is 4.56. The van der Waals surface area contributed by atoms with E-state index < -0.39 is 5.91 Å². The molecule has 94 valence electrons. The largest absolute Gasteiger partial charge is 0.364 e. The first kappa shape index (κ1) is 11.5. The highest BCUT2D eigenvalue weighted by molar-refractivity contribution is 7.08. The highest BCUT2D eigenvalue weighted by atomic mass is 32.1. The third-order valence-electron chi connectivity index (χ3n) is 2.64. The molecule has 3 heterocycles. The minimum atomic E-state index is -0.567. The highest BCUT2D eigenvalue weighted by Gasteiger charge is 2.17. The number of primary amides is 1. The molecule has 0 fully saturated rings. The maximum absolute atomic E-state index is 11.6. The lowest BCUT2D eigenvalue weighted by Gasteiger charge is -2.10. The number of thiophene rings is 1. The van der Waals surface area contributed by atoms with Crippen LogP contribution in [-0.4, -0.2) is 25.9 Å². The summed E-state index contributed by atoms with van der Waals surface area (Å²) in [7, 11) is 0. The van der Waals surface area contributed by atoms with E-state index in [1.54, 1.807) is 23.1 Å². The molecule has 19 heavy (non-hydrogen) atoms. The zero-order valence-electron chi connectivity index (χ0n) is 9.72. The van der Waals surface area contributed by atoms with Gasteiger partial charge in [-0.2, -0.15) is 11.3 Å². The van der Waals surface area contributed by atoms with E-state index in [-0.39, 0.29) is 5.69 Å². The summed E-state index contributed by atoms with van der Waals surface area (Å²) < 4.78 is 1.58. The molecule has 6 nitrogen and oxygen atoms in total. The van der Waals surface area contributed by atoms with E-state index in [1.165, 1.54) is 17.5 Å². The molecule has 1 amide bonds. The van der Waals surface area contributed by atoms with Gasteiger partial charge in [-0.25, -0.2) is 4.68 Å². The Kier molecular flexibility index (Phi) is 2.81. The van der Waals surface area contributed by atoms with E-state index in [9.17, 15) is 4.79 Å². The van der Waals surface area contributed by atoms with Crippen LogP contribution >= 0.6 is 11.3 Å². The zero-order valence-corrected chi connectivity index (χ0v) is 10.5. The molecular formula is C12H9N5OS. The normalized spacial score (nSPS) is 10.5. The summed E-state index contributed by atoms with van der Waals surface area (Å²) in [5.74, 6) is -0.567. The molecule has 0 unspecified atom stereocenters. The van der Waals surface area contributed by atoms with E-state index in [4.69, 9.17) is 5.73 Å². The van der Waals surface area contributed by atoms with Crippen molar-refractivity contribution < 1.29 is 4.79 Å². The number of hydrogen-bond acceptors (Lipinski definition) is 5. The van der Waals surface area contributed by atoms with Gasteiger partial charge in [-0.3, -0.25) is 9.78 Å². The van der Waals surface area contributed by atoms with Crippen molar-refractivity contribution in [3.63, 3.8) is 0 Å². The zero-order chi connectivity index (χ0) is 13.2. The third kappa shape index (κ3) is 2.00. The fourth-order valence-electron chi connectivity index (χ4n) is 1.86. The number of carbonyl (C=O) groups excluding carboxylic acids is 1. The van der Waals surface area contributed by atoms with Gasteiger partial charge in [-0.15, -0.1) is 5.10 Å². The van der Waals surface area contributed by atoms with Crippen LogP contribution in [0.5, 0.6) is 0 Å². The second kappa shape index (κ2) is 4.62. The summed E-state index contributed by atoms with van der Waals surface area (Å²) >= 11 is 1.54. The van der Waals surface area contributed by atoms with E-state index >= 15 is 0 Å². The van der Waals surface area contributed by atoms with Crippen molar-refractivity contribution in [2.45, 2.75) is 0 Å². The number of rotatable bonds is 3. The Bertz CT molecular complexity index is 706. The summed E-state index contributed by atoms with van der Waals surface area (Å²) in [5, 5.41) is 11.6. The lowest BCUT2D eigenvalue weighted by atomic mass is 10.0. The van der Waals surface area contributed by atoms with Crippen LogP contribution in [0, 0.1) is 0 Å². The first-order valence-electron chi connectivity index (χ1n) is 5.45. The van der Waals surface area contributed by atoms with E-state index in [2.05, 4.69) is 15.3 Å². The molecule has 0 bridgehead atoms. The summed E-state index contributed by atoms with van der Waals surface area (Å²) in [5.41, 5.74) is 7.90. The number of pyridine rings is 1. The monoisotopic (exact) mass is 271 g/mol. The fraction of sp³-hybridized carbons (Fsp3) is 0. The van der Waals surface area contributed by atoms with Crippen molar-refractivity contribution in [3.05, 3.63) is 47.2 Å². The van der Waals surface area contributed by atoms with Gasteiger partial charge in [0.15, 0.2) is 0 Å². The second-order valence-electron chi connectivity index (χ2n) is 3.78. The van der Waals surface area contributed by atoms with Gasteiger partial charge in [0, 0.05) is 11.8 Å². The van der Waals surface area contributed by atoms with Crippen LogP contribution in [0.3, 0.4) is 0 Å². The summed E-state index contributed by atoms with van der Waals surface area (Å²) in [4.78, 5) is 15.6. The Balaban J connectivity index is 2.31. The standard InChI is InChI=1S/C12H9N5OS/c13-12(18)11-10(8-2-6-19-7-8)9(1-3-14-11)17-5-4-15-16-17/h1-7H,(H2,13,18). The van der Waals surface area contributed by atoms with E-state index in [1.807, 2.05) is 16.8 Å². The molecule has 0 atom stereocenters. The molecule has 3 aromatic rings. The summed E-state index contributed by atoms with van der Waals surface area (Å²) in [6.45, 7) is 0. The Hall–Kier alpha value is -2.54. The predicted molar refractivity (Wildman–Crippen MR) is 71.0 cm³/mol. The molecule has 3 aromatic heterocycles. The van der Waals surface area contributed by atoms with Gasteiger partial charge in [-0.05, 0) is 28.5 Å². The number of nitrogens with two attached hydrogens (primary N) is 1. The van der Waals surface area contributed by atoms with Crippen molar-refractivity contribution >= 4 is 17.2 Å². The molecule has 0 saturated carbocycles. The van der Waals surface area contributed by atoms with Gasteiger partial charge in [0.1, 0.15) is 5.69 Å². The highest BCUT2D eigenvalue weighted by Crippen LogP contribution is 2.30. The minimum Gasteiger partial charge on any atom is -0.364 e. The molecule has 0 aliphatic heterocycles. The SMILES string of the molecule is NC(=O)c1nccc(-n2ccnn2)c1-c1ccsc1. The van der Waals surface area contributed by atoms with Gasteiger partial charge in [-0.1, -0.05) is 5.21 Å².